The predicted molar refractivity (Wildman–Crippen MR) is 92.9 cm³/mol. The fourth-order valence-electron chi connectivity index (χ4n) is 3.77. The zero-order valence-corrected chi connectivity index (χ0v) is 14.7. The number of fused-ring (bicyclic) bond motifs is 2. The molecule has 2 aromatic rings. The lowest BCUT2D eigenvalue weighted by Gasteiger charge is -2.35. The Morgan fingerprint density at radius 2 is 1.92 bits per heavy atom. The van der Waals surface area contributed by atoms with Crippen LogP contribution in [-0.4, -0.2) is 50.9 Å². The third-order valence-corrected chi connectivity index (χ3v) is 6.21. The van der Waals surface area contributed by atoms with Gasteiger partial charge in [-0.3, -0.25) is 4.79 Å². The summed E-state index contributed by atoms with van der Waals surface area (Å²) in [6.07, 6.45) is 7.95. The molecule has 4 heterocycles. The minimum Gasteiger partial charge on any atom is -0.338 e. The predicted octanol–water partition coefficient (Wildman–Crippen LogP) is 2.26. The van der Waals surface area contributed by atoms with Gasteiger partial charge in [-0.15, -0.1) is 11.3 Å². The van der Waals surface area contributed by atoms with Crippen LogP contribution >= 0.6 is 11.3 Å². The Morgan fingerprint density at radius 3 is 2.58 bits per heavy atom. The fraction of sp³-hybridized carbons (Fsp3) is 0.529. The molecule has 2 aromatic heterocycles. The molecule has 2 aliphatic rings. The van der Waals surface area contributed by atoms with Crippen LogP contribution in [0.15, 0.2) is 18.5 Å². The van der Waals surface area contributed by atoms with Crippen LogP contribution in [0.2, 0.25) is 0 Å². The van der Waals surface area contributed by atoms with E-state index < -0.39 is 0 Å². The van der Waals surface area contributed by atoms with Crippen molar-refractivity contribution in [1.29, 1.82) is 0 Å². The SMILES string of the molecule is Cc1nc(-c2ncccn2)sc1C(=O)N(C)C1CC2CCC(C1)N2. The first kappa shape index (κ1) is 15.7. The number of aryl methyl sites for hydroxylation is 1. The van der Waals surface area contributed by atoms with Gasteiger partial charge < -0.3 is 10.2 Å². The molecule has 2 atom stereocenters. The van der Waals surface area contributed by atoms with Crippen molar-refractivity contribution in [2.45, 2.75) is 50.7 Å². The van der Waals surface area contributed by atoms with Gasteiger partial charge in [-0.05, 0) is 38.7 Å². The van der Waals surface area contributed by atoms with Crippen molar-refractivity contribution in [2.24, 2.45) is 0 Å². The van der Waals surface area contributed by atoms with E-state index in [0.29, 0.717) is 33.8 Å². The number of thiazole rings is 1. The molecule has 2 saturated heterocycles. The molecule has 2 unspecified atom stereocenters. The summed E-state index contributed by atoms with van der Waals surface area (Å²) in [6, 6.07) is 3.23. The third kappa shape index (κ3) is 2.82. The van der Waals surface area contributed by atoms with Crippen LogP contribution in [0.3, 0.4) is 0 Å². The van der Waals surface area contributed by atoms with Gasteiger partial charge in [0.15, 0.2) is 10.8 Å². The number of aromatic nitrogens is 3. The Bertz CT molecular complexity index is 735. The van der Waals surface area contributed by atoms with Crippen molar-refractivity contribution in [1.82, 2.24) is 25.2 Å². The molecule has 2 aliphatic heterocycles. The fourth-order valence-corrected chi connectivity index (χ4v) is 4.77. The summed E-state index contributed by atoms with van der Waals surface area (Å²) in [5, 5.41) is 4.33. The first-order valence-corrected chi connectivity index (χ1v) is 9.21. The van der Waals surface area contributed by atoms with Gasteiger partial charge in [0.2, 0.25) is 0 Å². The summed E-state index contributed by atoms with van der Waals surface area (Å²) in [5.74, 6) is 0.644. The molecule has 0 radical (unpaired) electrons. The largest absolute Gasteiger partial charge is 0.338 e. The van der Waals surface area contributed by atoms with Crippen LogP contribution in [0.25, 0.3) is 10.8 Å². The summed E-state index contributed by atoms with van der Waals surface area (Å²) in [6.45, 7) is 1.89. The lowest BCUT2D eigenvalue weighted by molar-refractivity contribution is 0.0685. The van der Waals surface area contributed by atoms with Crippen molar-refractivity contribution in [3.63, 3.8) is 0 Å². The molecule has 1 N–H and O–H groups in total. The van der Waals surface area contributed by atoms with Gasteiger partial charge in [0.1, 0.15) is 4.88 Å². The summed E-state index contributed by atoms with van der Waals surface area (Å²) in [5.41, 5.74) is 0.760. The molecule has 2 fully saturated rings. The highest BCUT2D eigenvalue weighted by molar-refractivity contribution is 7.17. The monoisotopic (exact) mass is 343 g/mol. The first-order valence-electron chi connectivity index (χ1n) is 8.40. The number of piperidine rings is 1. The van der Waals surface area contributed by atoms with E-state index in [1.54, 1.807) is 18.5 Å². The van der Waals surface area contributed by atoms with E-state index in [9.17, 15) is 4.79 Å². The van der Waals surface area contributed by atoms with Crippen molar-refractivity contribution in [3.8, 4) is 10.8 Å². The van der Waals surface area contributed by atoms with Gasteiger partial charge in [-0.25, -0.2) is 15.0 Å². The maximum absolute atomic E-state index is 13.0. The van der Waals surface area contributed by atoms with Gasteiger partial charge in [0, 0.05) is 37.6 Å². The Labute approximate surface area is 145 Å². The molecule has 0 aromatic carbocycles. The minimum atomic E-state index is 0.0680. The highest BCUT2D eigenvalue weighted by atomic mass is 32.1. The standard InChI is InChI=1S/C17H21N5OS/c1-10-14(24-16(20-10)15-18-6-3-7-19-15)17(23)22(2)13-8-11-4-5-12(9-13)21-11/h3,6-7,11-13,21H,4-5,8-9H2,1-2H3. The Hall–Kier alpha value is -1.86. The number of carbonyl (C=O) groups excluding carboxylic acids is 1. The topological polar surface area (TPSA) is 71.0 Å². The summed E-state index contributed by atoms with van der Waals surface area (Å²) in [4.78, 5) is 28.6. The van der Waals surface area contributed by atoms with E-state index in [4.69, 9.17) is 0 Å². The number of rotatable bonds is 3. The zero-order chi connectivity index (χ0) is 16.7. The normalized spacial score (nSPS) is 25.7. The lowest BCUT2D eigenvalue weighted by Crippen LogP contribution is -2.48. The lowest BCUT2D eigenvalue weighted by atomic mass is 9.98. The van der Waals surface area contributed by atoms with Crippen molar-refractivity contribution >= 4 is 17.2 Å². The van der Waals surface area contributed by atoms with E-state index in [0.717, 1.165) is 18.5 Å². The van der Waals surface area contributed by atoms with Crippen LogP contribution in [0.5, 0.6) is 0 Å². The van der Waals surface area contributed by atoms with Crippen molar-refractivity contribution in [2.75, 3.05) is 7.05 Å². The van der Waals surface area contributed by atoms with Crippen LogP contribution in [-0.2, 0) is 0 Å². The van der Waals surface area contributed by atoms with E-state index >= 15 is 0 Å². The van der Waals surface area contributed by atoms with Crippen LogP contribution in [0, 0.1) is 6.92 Å². The minimum absolute atomic E-state index is 0.0680. The Balaban J connectivity index is 1.55. The molecule has 0 aliphatic carbocycles. The number of nitrogens with one attached hydrogen (secondary N) is 1. The molecule has 0 saturated carbocycles. The smallest absolute Gasteiger partial charge is 0.265 e. The quantitative estimate of drug-likeness (QED) is 0.926. The number of amides is 1. The van der Waals surface area contributed by atoms with E-state index in [2.05, 4.69) is 20.3 Å². The van der Waals surface area contributed by atoms with Crippen LogP contribution in [0.1, 0.15) is 41.0 Å². The zero-order valence-electron chi connectivity index (χ0n) is 13.9. The third-order valence-electron chi connectivity index (χ3n) is 5.06. The van der Waals surface area contributed by atoms with E-state index in [1.165, 1.54) is 24.2 Å². The Kier molecular flexibility index (Phi) is 4.05. The average molecular weight is 343 g/mol. The second-order valence-corrected chi connectivity index (χ2v) is 7.68. The molecule has 6 nitrogen and oxygen atoms in total. The van der Waals surface area contributed by atoms with Gasteiger partial charge >= 0.3 is 0 Å². The van der Waals surface area contributed by atoms with E-state index in [1.807, 2.05) is 18.9 Å². The summed E-state index contributed by atoms with van der Waals surface area (Å²) >= 11 is 1.39. The molecule has 0 spiro atoms. The highest BCUT2D eigenvalue weighted by Gasteiger charge is 2.37. The molecular weight excluding hydrogens is 322 g/mol. The second-order valence-electron chi connectivity index (χ2n) is 6.69. The first-order chi connectivity index (χ1) is 11.6. The highest BCUT2D eigenvalue weighted by Crippen LogP contribution is 2.31. The van der Waals surface area contributed by atoms with Gasteiger partial charge in [-0.2, -0.15) is 0 Å². The van der Waals surface area contributed by atoms with Crippen LogP contribution < -0.4 is 5.32 Å². The van der Waals surface area contributed by atoms with Gasteiger partial charge in [0.05, 0.1) is 5.69 Å². The summed E-state index contributed by atoms with van der Waals surface area (Å²) < 4.78 is 0. The van der Waals surface area contributed by atoms with Gasteiger partial charge in [0.25, 0.3) is 5.91 Å². The van der Waals surface area contributed by atoms with Crippen molar-refractivity contribution < 1.29 is 4.79 Å². The second kappa shape index (κ2) is 6.22. The number of hydrogen-bond acceptors (Lipinski definition) is 6. The maximum Gasteiger partial charge on any atom is 0.265 e. The molecule has 2 bridgehead atoms. The number of hydrogen-bond donors (Lipinski definition) is 1. The number of nitrogens with zero attached hydrogens (tertiary/aromatic N) is 4. The Morgan fingerprint density at radius 1 is 1.25 bits per heavy atom. The van der Waals surface area contributed by atoms with Gasteiger partial charge in [-0.1, -0.05) is 0 Å². The molecular formula is C17H21N5OS. The summed E-state index contributed by atoms with van der Waals surface area (Å²) in [7, 11) is 1.93. The molecule has 4 rings (SSSR count). The van der Waals surface area contributed by atoms with Crippen LogP contribution in [0.4, 0.5) is 0 Å². The van der Waals surface area contributed by atoms with Crippen molar-refractivity contribution in [3.05, 3.63) is 29.0 Å². The molecule has 7 heteroatoms. The molecule has 1 amide bonds. The molecule has 24 heavy (non-hydrogen) atoms. The number of carbonyl (C=O) groups is 1. The maximum atomic E-state index is 13.0. The molecule has 126 valence electrons. The average Bonchev–Trinajstić information content (AvgIpc) is 3.16. The van der Waals surface area contributed by atoms with E-state index in [-0.39, 0.29) is 5.91 Å².